The molecule has 0 aliphatic rings. The van der Waals surface area contributed by atoms with E-state index in [9.17, 15) is 68.4 Å². The second-order valence-corrected chi connectivity index (χ2v) is 23.8. The van der Waals surface area contributed by atoms with Crippen LogP contribution in [0.15, 0.2) is 211 Å². The van der Waals surface area contributed by atoms with Crippen LogP contribution in [-0.4, -0.2) is 123 Å². The number of esters is 4. The Balaban J connectivity index is 0.754. The summed E-state index contributed by atoms with van der Waals surface area (Å²) in [6.45, 7) is -2.96. The third-order valence-electron chi connectivity index (χ3n) is 17.3. The van der Waals surface area contributed by atoms with Gasteiger partial charge >= 0.3 is 58.0 Å². The molecule has 24 heteroatoms. The van der Waals surface area contributed by atoms with E-state index in [1.165, 1.54) is 13.0 Å². The zero-order chi connectivity index (χ0) is 69.8. The van der Waals surface area contributed by atoms with Crippen LogP contribution in [0.25, 0.3) is 75.8 Å². The highest BCUT2D eigenvalue weighted by molar-refractivity contribution is 6.18. The minimum absolute atomic E-state index is 0.0821. The SMILES string of the molecule is CCCn1c(=O)n(CC(O)COC(=O)c2cccc3ccccc23)c(=O)n(CC(O)COC(=O)c2cccc3ccc(-c4ccc5c(C(=O)OC(CO)Cn6c(=O)n(CC)c(=O)n(CC(CO)OC(=O)c7c8ccccc8cc8ccccc78)c6=O)c6ccccc6cc5c4)cc23)c1=O. The van der Waals surface area contributed by atoms with Gasteiger partial charge < -0.3 is 39.4 Å². The number of ether oxygens (including phenoxy) is 4. The zero-order valence-electron chi connectivity index (χ0n) is 53.6. The summed E-state index contributed by atoms with van der Waals surface area (Å²) in [6.07, 6.45) is -5.94. The summed E-state index contributed by atoms with van der Waals surface area (Å²) < 4.78 is 26.8. The van der Waals surface area contributed by atoms with Gasteiger partial charge in [0.15, 0.2) is 0 Å². The minimum Gasteiger partial charge on any atom is -0.459 e. The van der Waals surface area contributed by atoms with Crippen LogP contribution in [0.3, 0.4) is 0 Å². The van der Waals surface area contributed by atoms with Gasteiger partial charge in [-0.1, -0.05) is 153 Å². The van der Waals surface area contributed by atoms with E-state index in [2.05, 4.69) is 0 Å². The number of carbonyl (C=O) groups is 4. The van der Waals surface area contributed by atoms with E-state index < -0.39 is 135 Å². The number of hydrogen-bond acceptors (Lipinski definition) is 18. The molecule has 12 rings (SSSR count). The van der Waals surface area contributed by atoms with Crippen molar-refractivity contribution in [3.05, 3.63) is 267 Å². The van der Waals surface area contributed by atoms with Crippen molar-refractivity contribution < 1.29 is 58.6 Å². The molecule has 0 fully saturated rings. The fourth-order valence-electron chi connectivity index (χ4n) is 12.5. The Bertz CT molecular complexity index is 5530. The van der Waals surface area contributed by atoms with E-state index in [0.717, 1.165) is 25.3 Å². The summed E-state index contributed by atoms with van der Waals surface area (Å²) >= 11 is 0. The van der Waals surface area contributed by atoms with Crippen LogP contribution in [-0.2, 0) is 58.2 Å². The molecule has 2 aromatic heterocycles. The molecule has 2 heterocycles. The Labute approximate surface area is 560 Å². The molecule has 0 bridgehead atoms. The molecular formula is C75H66N6O18. The number of fused-ring (bicyclic) bond motifs is 6. The first-order valence-electron chi connectivity index (χ1n) is 32.0. The van der Waals surface area contributed by atoms with E-state index in [-0.39, 0.29) is 35.3 Å². The quantitative estimate of drug-likeness (QED) is 0.0283. The maximum absolute atomic E-state index is 14.7. The first-order chi connectivity index (χ1) is 47.9. The highest BCUT2D eigenvalue weighted by Gasteiger charge is 2.29. The summed E-state index contributed by atoms with van der Waals surface area (Å²) in [6, 6.07) is 52.8. The van der Waals surface area contributed by atoms with Crippen LogP contribution in [0.5, 0.6) is 0 Å². The monoisotopic (exact) mass is 1340 g/mol. The topological polar surface area (TPSA) is 318 Å². The lowest BCUT2D eigenvalue weighted by Gasteiger charge is -2.21. The van der Waals surface area contributed by atoms with Crippen LogP contribution in [0.2, 0.25) is 0 Å². The average Bonchev–Trinajstić information content (AvgIpc) is 0.803. The van der Waals surface area contributed by atoms with Crippen molar-refractivity contribution in [1.82, 2.24) is 27.4 Å². The van der Waals surface area contributed by atoms with Crippen molar-refractivity contribution in [2.24, 2.45) is 0 Å². The number of hydrogen-bond donors (Lipinski definition) is 4. The Morgan fingerprint density at radius 3 is 1.21 bits per heavy atom. The van der Waals surface area contributed by atoms with Gasteiger partial charge in [0.2, 0.25) is 0 Å². The smallest absolute Gasteiger partial charge is 0.339 e. The van der Waals surface area contributed by atoms with Gasteiger partial charge in [0, 0.05) is 13.1 Å². The molecule has 504 valence electrons. The molecule has 12 aromatic rings. The number of aliphatic hydroxyl groups is 4. The van der Waals surface area contributed by atoms with Gasteiger partial charge in [-0.3, -0.25) is 0 Å². The standard InChI is InChI=1S/C75H66N6O18/c1-3-31-77-72(92)78(36-52(84)42-96-66(86)61-25-13-19-44-15-5-9-21-56(44)61)74(94)79(73(77)93)37-53(85)43-97-67(87)62-26-14-20-45-27-28-47(35-63(45)62)46-29-30-60-51(32-46)34-50-18-8-12-24-59(50)65(60)69(89)99-55(41-83)39-81-71(91)76(4-2)70(90)80(75(81)95)38-54(40-82)98-68(88)64-57-22-10-6-16-48(57)33-49-17-7-11-23-58(49)64/h5-30,32-35,52-55,82-85H,3-4,31,36-43H2,1-2H3. The summed E-state index contributed by atoms with van der Waals surface area (Å²) in [5.74, 6) is -3.38. The highest BCUT2D eigenvalue weighted by atomic mass is 16.6. The van der Waals surface area contributed by atoms with Crippen molar-refractivity contribution in [2.45, 2.75) is 84.0 Å². The summed E-state index contributed by atoms with van der Waals surface area (Å²) in [7, 11) is 0. The van der Waals surface area contributed by atoms with Crippen molar-refractivity contribution in [2.75, 3.05) is 26.4 Å². The van der Waals surface area contributed by atoms with Gasteiger partial charge in [0.25, 0.3) is 0 Å². The van der Waals surface area contributed by atoms with Crippen molar-refractivity contribution >= 4 is 88.5 Å². The maximum Gasteiger partial charge on any atom is 0.339 e. The molecule has 4 N–H and O–H groups in total. The van der Waals surface area contributed by atoms with Crippen molar-refractivity contribution in [1.29, 1.82) is 0 Å². The predicted molar refractivity (Wildman–Crippen MR) is 369 cm³/mol. The second-order valence-electron chi connectivity index (χ2n) is 23.8. The molecule has 10 aromatic carbocycles. The predicted octanol–water partition coefficient (Wildman–Crippen LogP) is 6.54. The third-order valence-corrected chi connectivity index (χ3v) is 17.3. The lowest BCUT2D eigenvalue weighted by molar-refractivity contribution is 0.00580. The molecule has 0 saturated carbocycles. The van der Waals surface area contributed by atoms with Crippen LogP contribution >= 0.6 is 0 Å². The first-order valence-corrected chi connectivity index (χ1v) is 32.0. The molecule has 0 spiro atoms. The Hall–Kier alpha value is -11.7. The summed E-state index contributed by atoms with van der Waals surface area (Å²) in [4.78, 5) is 139. The van der Waals surface area contributed by atoms with Crippen LogP contribution in [0.1, 0.15) is 61.7 Å². The lowest BCUT2D eigenvalue weighted by Crippen LogP contribution is -2.56. The molecule has 0 radical (unpaired) electrons. The number of carbonyl (C=O) groups excluding carboxylic acids is 4. The molecule has 4 atom stereocenters. The number of aromatic nitrogens is 6. The normalized spacial score (nSPS) is 12.8. The molecule has 0 amide bonds. The number of rotatable bonds is 24. The van der Waals surface area contributed by atoms with Gasteiger partial charge in [0.1, 0.15) is 37.6 Å². The molecule has 99 heavy (non-hydrogen) atoms. The molecule has 4 unspecified atom stereocenters. The van der Waals surface area contributed by atoms with E-state index in [0.29, 0.717) is 84.3 Å². The van der Waals surface area contributed by atoms with Crippen molar-refractivity contribution in [3.63, 3.8) is 0 Å². The van der Waals surface area contributed by atoms with E-state index in [4.69, 9.17) is 18.9 Å². The average molecular weight is 1340 g/mol. The zero-order valence-corrected chi connectivity index (χ0v) is 53.6. The maximum atomic E-state index is 14.7. The van der Waals surface area contributed by atoms with Crippen LogP contribution in [0.4, 0.5) is 0 Å². The fraction of sp³-hybridized carbons (Fsp3) is 0.227. The molecule has 0 aliphatic carbocycles. The van der Waals surface area contributed by atoms with Crippen LogP contribution < -0.4 is 34.1 Å². The summed E-state index contributed by atoms with van der Waals surface area (Å²) in [5.41, 5.74) is -4.66. The minimum atomic E-state index is -1.65. The van der Waals surface area contributed by atoms with E-state index >= 15 is 0 Å². The molecule has 24 nitrogen and oxygen atoms in total. The van der Waals surface area contributed by atoms with Gasteiger partial charge in [-0.25, -0.2) is 75.3 Å². The Kier molecular flexibility index (Phi) is 19.7. The van der Waals surface area contributed by atoms with Gasteiger partial charge in [0.05, 0.1) is 61.6 Å². The van der Waals surface area contributed by atoms with Gasteiger partial charge in [-0.2, -0.15) is 0 Å². The lowest BCUT2D eigenvalue weighted by atomic mass is 9.93. The largest absolute Gasteiger partial charge is 0.459 e. The number of nitrogens with zero attached hydrogens (tertiary/aromatic N) is 6. The van der Waals surface area contributed by atoms with Gasteiger partial charge in [-0.05, 0) is 126 Å². The van der Waals surface area contributed by atoms with E-state index in [1.54, 1.807) is 116 Å². The number of benzene rings is 10. The third kappa shape index (κ3) is 13.5. The fourth-order valence-corrected chi connectivity index (χ4v) is 12.5. The van der Waals surface area contributed by atoms with E-state index in [1.807, 2.05) is 66.7 Å². The Morgan fingerprint density at radius 1 is 0.364 bits per heavy atom. The molecule has 0 aliphatic heterocycles. The van der Waals surface area contributed by atoms with Crippen LogP contribution in [0, 0.1) is 0 Å². The van der Waals surface area contributed by atoms with Crippen molar-refractivity contribution in [3.8, 4) is 11.1 Å². The number of aliphatic hydroxyl groups excluding tert-OH is 4. The first kappa shape index (κ1) is 67.3. The highest BCUT2D eigenvalue weighted by Crippen LogP contribution is 2.35. The van der Waals surface area contributed by atoms with Gasteiger partial charge in [-0.15, -0.1) is 0 Å². The molecular weight excluding hydrogens is 1270 g/mol. The molecule has 0 saturated heterocycles. The Morgan fingerprint density at radius 2 is 0.737 bits per heavy atom. The second kappa shape index (κ2) is 28.9. The summed E-state index contributed by atoms with van der Waals surface area (Å²) in [5, 5.41) is 50.8.